The van der Waals surface area contributed by atoms with E-state index in [1.54, 1.807) is 0 Å². The van der Waals surface area contributed by atoms with Crippen LogP contribution in [0.4, 0.5) is 14.6 Å². The first-order valence-corrected chi connectivity index (χ1v) is 5.33. The van der Waals surface area contributed by atoms with Gasteiger partial charge in [0.2, 0.25) is 0 Å². The number of nitrogens with zero attached hydrogens (tertiary/aromatic N) is 1. The highest BCUT2D eigenvalue weighted by Gasteiger charge is 2.19. The van der Waals surface area contributed by atoms with Crippen molar-refractivity contribution in [3.05, 3.63) is 35.4 Å². The van der Waals surface area contributed by atoms with E-state index in [-0.39, 0.29) is 17.1 Å². The minimum absolute atomic E-state index is 0.0534. The fraction of sp³-hybridized carbons (Fsp3) is 0.250. The SMILES string of the molecule is CCCc1c(N)noc1-c1cccc(F)c1F. The Bertz CT molecular complexity index is 537. The van der Waals surface area contributed by atoms with Crippen molar-refractivity contribution in [2.75, 3.05) is 5.73 Å². The van der Waals surface area contributed by atoms with Crippen LogP contribution in [0.1, 0.15) is 18.9 Å². The summed E-state index contributed by atoms with van der Waals surface area (Å²) >= 11 is 0. The van der Waals surface area contributed by atoms with Crippen molar-refractivity contribution in [2.24, 2.45) is 0 Å². The van der Waals surface area contributed by atoms with Gasteiger partial charge < -0.3 is 10.3 Å². The molecule has 90 valence electrons. The lowest BCUT2D eigenvalue weighted by Crippen LogP contribution is -1.94. The van der Waals surface area contributed by atoms with Crippen molar-refractivity contribution in [3.8, 4) is 11.3 Å². The van der Waals surface area contributed by atoms with Crippen LogP contribution in [0.25, 0.3) is 11.3 Å². The molecule has 0 spiro atoms. The number of halogens is 2. The summed E-state index contributed by atoms with van der Waals surface area (Å²) in [6.07, 6.45) is 1.43. The molecular weight excluding hydrogens is 226 g/mol. The van der Waals surface area contributed by atoms with Crippen molar-refractivity contribution < 1.29 is 13.3 Å². The topological polar surface area (TPSA) is 52.0 Å². The molecule has 0 saturated heterocycles. The van der Waals surface area contributed by atoms with Gasteiger partial charge in [0.25, 0.3) is 0 Å². The van der Waals surface area contributed by atoms with E-state index in [0.29, 0.717) is 12.0 Å². The number of nitrogen functional groups attached to an aromatic ring is 1. The second-order valence-corrected chi connectivity index (χ2v) is 3.73. The van der Waals surface area contributed by atoms with E-state index in [0.717, 1.165) is 12.5 Å². The van der Waals surface area contributed by atoms with Gasteiger partial charge in [-0.05, 0) is 18.6 Å². The molecule has 17 heavy (non-hydrogen) atoms. The Morgan fingerprint density at radius 1 is 1.35 bits per heavy atom. The number of hydrogen-bond acceptors (Lipinski definition) is 3. The zero-order chi connectivity index (χ0) is 12.4. The van der Waals surface area contributed by atoms with E-state index in [1.165, 1.54) is 12.1 Å². The summed E-state index contributed by atoms with van der Waals surface area (Å²) in [6, 6.07) is 3.91. The van der Waals surface area contributed by atoms with Crippen molar-refractivity contribution in [2.45, 2.75) is 19.8 Å². The lowest BCUT2D eigenvalue weighted by molar-refractivity contribution is 0.429. The Labute approximate surface area is 97.2 Å². The van der Waals surface area contributed by atoms with E-state index >= 15 is 0 Å². The lowest BCUT2D eigenvalue weighted by Gasteiger charge is -2.02. The third kappa shape index (κ3) is 2.00. The molecule has 0 aliphatic heterocycles. The molecule has 0 radical (unpaired) electrons. The van der Waals surface area contributed by atoms with Gasteiger partial charge in [-0.15, -0.1) is 0 Å². The molecular formula is C12H12F2N2O. The largest absolute Gasteiger partial charge is 0.381 e. The molecule has 0 unspecified atom stereocenters. The third-order valence-electron chi connectivity index (χ3n) is 2.51. The van der Waals surface area contributed by atoms with Gasteiger partial charge in [0.1, 0.15) is 0 Å². The molecule has 0 atom stereocenters. The quantitative estimate of drug-likeness (QED) is 0.893. The predicted octanol–water partition coefficient (Wildman–Crippen LogP) is 3.15. The van der Waals surface area contributed by atoms with E-state index < -0.39 is 11.6 Å². The molecule has 0 amide bonds. The van der Waals surface area contributed by atoms with Crippen LogP contribution in [0.2, 0.25) is 0 Å². The van der Waals surface area contributed by atoms with E-state index in [9.17, 15) is 8.78 Å². The summed E-state index contributed by atoms with van der Waals surface area (Å²) < 4.78 is 31.7. The highest BCUT2D eigenvalue weighted by molar-refractivity contribution is 5.66. The molecule has 3 nitrogen and oxygen atoms in total. The average Bonchev–Trinajstić information content (AvgIpc) is 2.66. The number of nitrogens with two attached hydrogens (primary N) is 1. The van der Waals surface area contributed by atoms with Crippen LogP contribution >= 0.6 is 0 Å². The van der Waals surface area contributed by atoms with E-state index in [1.807, 2.05) is 6.92 Å². The average molecular weight is 238 g/mol. The van der Waals surface area contributed by atoms with Crippen molar-refractivity contribution in [3.63, 3.8) is 0 Å². The van der Waals surface area contributed by atoms with Gasteiger partial charge >= 0.3 is 0 Å². The zero-order valence-electron chi connectivity index (χ0n) is 9.34. The molecule has 2 aromatic rings. The predicted molar refractivity (Wildman–Crippen MR) is 60.3 cm³/mol. The number of aromatic nitrogens is 1. The van der Waals surface area contributed by atoms with Crippen molar-refractivity contribution >= 4 is 5.82 Å². The van der Waals surface area contributed by atoms with Crippen molar-refractivity contribution in [1.82, 2.24) is 5.16 Å². The summed E-state index contributed by atoms with van der Waals surface area (Å²) in [5.74, 6) is -1.42. The fourth-order valence-electron chi connectivity index (χ4n) is 1.70. The maximum absolute atomic E-state index is 13.6. The van der Waals surface area contributed by atoms with Gasteiger partial charge in [0, 0.05) is 5.56 Å². The highest BCUT2D eigenvalue weighted by Crippen LogP contribution is 2.31. The van der Waals surface area contributed by atoms with Gasteiger partial charge in [-0.25, -0.2) is 8.78 Å². The smallest absolute Gasteiger partial charge is 0.175 e. The van der Waals surface area contributed by atoms with E-state index in [2.05, 4.69) is 5.16 Å². The Morgan fingerprint density at radius 3 is 2.82 bits per heavy atom. The molecule has 0 saturated carbocycles. The van der Waals surface area contributed by atoms with Crippen LogP contribution in [-0.2, 0) is 6.42 Å². The molecule has 2 rings (SSSR count). The van der Waals surface area contributed by atoms with Gasteiger partial charge in [0.05, 0.1) is 5.56 Å². The Kier molecular flexibility index (Phi) is 3.08. The summed E-state index contributed by atoms with van der Waals surface area (Å²) in [4.78, 5) is 0. The molecule has 5 heteroatoms. The first-order valence-electron chi connectivity index (χ1n) is 5.33. The number of hydrogen-bond donors (Lipinski definition) is 1. The summed E-state index contributed by atoms with van der Waals surface area (Å²) in [7, 11) is 0. The van der Waals surface area contributed by atoms with Crippen molar-refractivity contribution in [1.29, 1.82) is 0 Å². The number of benzene rings is 1. The molecule has 0 fully saturated rings. The highest BCUT2D eigenvalue weighted by atomic mass is 19.2. The van der Waals surface area contributed by atoms with Crippen LogP contribution in [-0.4, -0.2) is 5.16 Å². The minimum Gasteiger partial charge on any atom is -0.381 e. The normalized spacial score (nSPS) is 10.8. The third-order valence-corrected chi connectivity index (χ3v) is 2.51. The first kappa shape index (κ1) is 11.6. The Hall–Kier alpha value is -1.91. The first-order chi connectivity index (χ1) is 8.15. The van der Waals surface area contributed by atoms with Gasteiger partial charge in [-0.2, -0.15) is 0 Å². The fourth-order valence-corrected chi connectivity index (χ4v) is 1.70. The molecule has 2 N–H and O–H groups in total. The van der Waals surface area contributed by atoms with Crippen LogP contribution < -0.4 is 5.73 Å². The van der Waals surface area contributed by atoms with Crippen LogP contribution in [0.5, 0.6) is 0 Å². The Balaban J connectivity index is 2.56. The maximum Gasteiger partial charge on any atom is 0.175 e. The monoisotopic (exact) mass is 238 g/mol. The second kappa shape index (κ2) is 4.53. The van der Waals surface area contributed by atoms with Gasteiger partial charge in [-0.1, -0.05) is 24.6 Å². The molecule has 1 heterocycles. The zero-order valence-corrected chi connectivity index (χ0v) is 9.34. The molecule has 0 bridgehead atoms. The van der Waals surface area contributed by atoms with E-state index in [4.69, 9.17) is 10.3 Å². The second-order valence-electron chi connectivity index (χ2n) is 3.73. The minimum atomic E-state index is -0.944. The maximum atomic E-state index is 13.6. The lowest BCUT2D eigenvalue weighted by atomic mass is 10.0. The van der Waals surface area contributed by atoms with Crippen LogP contribution in [0.15, 0.2) is 22.7 Å². The number of rotatable bonds is 3. The van der Waals surface area contributed by atoms with Gasteiger partial charge in [-0.3, -0.25) is 0 Å². The number of anilines is 1. The summed E-state index contributed by atoms with van der Waals surface area (Å²) in [6.45, 7) is 1.96. The summed E-state index contributed by atoms with van der Waals surface area (Å²) in [5, 5.41) is 3.60. The molecule has 1 aromatic carbocycles. The Morgan fingerprint density at radius 2 is 2.12 bits per heavy atom. The van der Waals surface area contributed by atoms with Crippen LogP contribution in [0.3, 0.4) is 0 Å². The molecule has 1 aromatic heterocycles. The van der Waals surface area contributed by atoms with Crippen LogP contribution in [0, 0.1) is 11.6 Å². The molecule has 0 aliphatic carbocycles. The summed E-state index contributed by atoms with van der Waals surface area (Å²) in [5.41, 5.74) is 6.31. The van der Waals surface area contributed by atoms with Gasteiger partial charge in [0.15, 0.2) is 23.2 Å². The standard InChI is InChI=1S/C12H12F2N2O/c1-2-4-8-11(17-16-12(8)15)7-5-3-6-9(13)10(7)14/h3,5-6H,2,4H2,1H3,(H2,15,16). The molecule has 0 aliphatic rings.